The summed E-state index contributed by atoms with van der Waals surface area (Å²) in [6, 6.07) is 9.75. The summed E-state index contributed by atoms with van der Waals surface area (Å²) in [6.07, 6.45) is 0. The normalized spacial score (nSPS) is 11.0. The molecule has 0 aromatic heterocycles. The highest BCUT2D eigenvalue weighted by Gasteiger charge is 2.18. The summed E-state index contributed by atoms with van der Waals surface area (Å²) >= 11 is 5.61. The molecule has 0 heterocycles. The van der Waals surface area contributed by atoms with Gasteiger partial charge in [0.05, 0.1) is 27.2 Å². The van der Waals surface area contributed by atoms with Crippen LogP contribution in [0.4, 0.5) is 10.1 Å². The number of halogens is 2. The number of rotatable bonds is 3. The van der Waals surface area contributed by atoms with Crippen molar-refractivity contribution in [1.82, 2.24) is 0 Å². The fourth-order valence-electron chi connectivity index (χ4n) is 1.73. The maximum atomic E-state index is 13.1. The smallest absolute Gasteiger partial charge is 0.262 e. The molecular formula is C14H10ClFN2O2S. The van der Waals surface area contributed by atoms with Gasteiger partial charge in [0.15, 0.2) is 0 Å². The molecule has 4 nitrogen and oxygen atoms in total. The molecule has 2 rings (SSSR count). The quantitative estimate of drug-likeness (QED) is 0.940. The topological polar surface area (TPSA) is 70.0 Å². The van der Waals surface area contributed by atoms with Gasteiger partial charge in [0.2, 0.25) is 0 Å². The Kier molecular flexibility index (Phi) is 4.16. The van der Waals surface area contributed by atoms with E-state index in [1.54, 1.807) is 13.0 Å². The maximum absolute atomic E-state index is 13.1. The second-order valence-corrected chi connectivity index (χ2v) is 6.38. The Balaban J connectivity index is 2.43. The molecule has 0 spiro atoms. The summed E-state index contributed by atoms with van der Waals surface area (Å²) in [4.78, 5) is -0.0120. The highest BCUT2D eigenvalue weighted by atomic mass is 35.5. The van der Waals surface area contributed by atoms with E-state index < -0.39 is 15.8 Å². The molecule has 21 heavy (non-hydrogen) atoms. The van der Waals surface area contributed by atoms with Crippen LogP contribution in [0.25, 0.3) is 0 Å². The lowest BCUT2D eigenvalue weighted by molar-refractivity contribution is 0.600. The molecule has 108 valence electrons. The van der Waals surface area contributed by atoms with Gasteiger partial charge >= 0.3 is 0 Å². The number of sulfonamides is 1. The molecule has 7 heteroatoms. The first-order valence-electron chi connectivity index (χ1n) is 5.82. The number of benzene rings is 2. The van der Waals surface area contributed by atoms with E-state index in [2.05, 4.69) is 4.72 Å². The standard InChI is InChI=1S/C14H10ClFN2O2S/c1-9-2-3-10(8-17)6-14(9)21(19,20)18-11-4-5-13(16)12(15)7-11/h2-7,18H,1H3. The van der Waals surface area contributed by atoms with E-state index in [0.717, 1.165) is 6.07 Å². The van der Waals surface area contributed by atoms with Gasteiger partial charge in [-0.1, -0.05) is 17.7 Å². The van der Waals surface area contributed by atoms with E-state index in [0.29, 0.717) is 5.56 Å². The summed E-state index contributed by atoms with van der Waals surface area (Å²) < 4.78 is 40.0. The molecule has 0 saturated carbocycles. The van der Waals surface area contributed by atoms with E-state index >= 15 is 0 Å². The van der Waals surface area contributed by atoms with E-state index in [1.807, 2.05) is 6.07 Å². The van der Waals surface area contributed by atoms with Gasteiger partial charge in [-0.05, 0) is 42.8 Å². The predicted molar refractivity (Wildman–Crippen MR) is 78.1 cm³/mol. The zero-order valence-electron chi connectivity index (χ0n) is 10.9. The Morgan fingerprint density at radius 3 is 2.57 bits per heavy atom. The van der Waals surface area contributed by atoms with Gasteiger partial charge in [-0.15, -0.1) is 0 Å². The molecule has 0 unspecified atom stereocenters. The fourth-order valence-corrected chi connectivity index (χ4v) is 3.23. The van der Waals surface area contributed by atoms with Gasteiger partial charge in [-0.2, -0.15) is 5.26 Å². The van der Waals surface area contributed by atoms with Crippen LogP contribution < -0.4 is 4.72 Å². The minimum atomic E-state index is -3.89. The fraction of sp³-hybridized carbons (Fsp3) is 0.0714. The Labute approximate surface area is 126 Å². The van der Waals surface area contributed by atoms with Crippen molar-refractivity contribution in [1.29, 1.82) is 5.26 Å². The van der Waals surface area contributed by atoms with Crippen LogP contribution in [0.1, 0.15) is 11.1 Å². The zero-order chi connectivity index (χ0) is 15.6. The van der Waals surface area contributed by atoms with Gasteiger partial charge in [0.25, 0.3) is 10.0 Å². The number of aryl methyl sites for hydroxylation is 1. The van der Waals surface area contributed by atoms with Gasteiger partial charge < -0.3 is 0 Å². The lowest BCUT2D eigenvalue weighted by atomic mass is 10.2. The van der Waals surface area contributed by atoms with E-state index in [1.165, 1.54) is 24.3 Å². The Morgan fingerprint density at radius 2 is 1.95 bits per heavy atom. The number of nitriles is 1. The van der Waals surface area contributed by atoms with Crippen molar-refractivity contribution >= 4 is 27.3 Å². The van der Waals surface area contributed by atoms with Crippen LogP contribution in [-0.4, -0.2) is 8.42 Å². The molecule has 0 aliphatic rings. The SMILES string of the molecule is Cc1ccc(C#N)cc1S(=O)(=O)Nc1ccc(F)c(Cl)c1. The lowest BCUT2D eigenvalue weighted by Gasteiger charge is -2.11. The Hall–Kier alpha value is -2.10. The second-order valence-electron chi connectivity index (χ2n) is 4.33. The van der Waals surface area contributed by atoms with E-state index in [-0.39, 0.29) is 21.2 Å². The molecule has 0 radical (unpaired) electrons. The molecular weight excluding hydrogens is 315 g/mol. The van der Waals surface area contributed by atoms with Crippen molar-refractivity contribution in [3.63, 3.8) is 0 Å². The first-order chi connectivity index (χ1) is 9.83. The predicted octanol–water partition coefficient (Wildman–Crippen LogP) is 3.46. The van der Waals surface area contributed by atoms with Crippen LogP contribution in [0.3, 0.4) is 0 Å². The molecule has 2 aromatic rings. The monoisotopic (exact) mass is 324 g/mol. The van der Waals surface area contributed by atoms with Crippen molar-refractivity contribution in [2.75, 3.05) is 4.72 Å². The minimum absolute atomic E-state index is 0.0120. The molecule has 2 aromatic carbocycles. The van der Waals surface area contributed by atoms with Gasteiger partial charge in [0, 0.05) is 0 Å². The molecule has 0 bridgehead atoms. The molecule has 0 aliphatic carbocycles. The Morgan fingerprint density at radius 1 is 1.24 bits per heavy atom. The average molecular weight is 325 g/mol. The first-order valence-corrected chi connectivity index (χ1v) is 7.68. The number of hydrogen-bond donors (Lipinski definition) is 1. The van der Waals surface area contributed by atoms with Crippen LogP contribution in [-0.2, 0) is 10.0 Å². The van der Waals surface area contributed by atoms with Crippen molar-refractivity contribution < 1.29 is 12.8 Å². The van der Waals surface area contributed by atoms with Crippen molar-refractivity contribution in [3.05, 3.63) is 58.4 Å². The Bertz CT molecular complexity index is 845. The number of hydrogen-bond acceptors (Lipinski definition) is 3. The highest BCUT2D eigenvalue weighted by Crippen LogP contribution is 2.24. The molecule has 0 saturated heterocycles. The maximum Gasteiger partial charge on any atom is 0.262 e. The van der Waals surface area contributed by atoms with Crippen LogP contribution >= 0.6 is 11.6 Å². The van der Waals surface area contributed by atoms with Gasteiger partial charge in [-0.25, -0.2) is 12.8 Å². The number of anilines is 1. The van der Waals surface area contributed by atoms with E-state index in [9.17, 15) is 12.8 Å². The van der Waals surface area contributed by atoms with Gasteiger partial charge in [0.1, 0.15) is 5.82 Å². The van der Waals surface area contributed by atoms with Gasteiger partial charge in [-0.3, -0.25) is 4.72 Å². The molecule has 0 atom stereocenters. The lowest BCUT2D eigenvalue weighted by Crippen LogP contribution is -2.14. The molecule has 0 fully saturated rings. The number of nitrogens with one attached hydrogen (secondary N) is 1. The van der Waals surface area contributed by atoms with Crippen LogP contribution in [0.5, 0.6) is 0 Å². The summed E-state index contributed by atoms with van der Waals surface area (Å²) in [5, 5.41) is 8.67. The summed E-state index contributed by atoms with van der Waals surface area (Å²) in [5.74, 6) is -0.637. The number of nitrogens with zero attached hydrogens (tertiary/aromatic N) is 1. The first kappa shape index (κ1) is 15.3. The van der Waals surface area contributed by atoms with Crippen LogP contribution in [0.2, 0.25) is 5.02 Å². The van der Waals surface area contributed by atoms with Crippen molar-refractivity contribution in [2.24, 2.45) is 0 Å². The summed E-state index contributed by atoms with van der Waals surface area (Å²) in [7, 11) is -3.89. The molecule has 1 N–H and O–H groups in total. The average Bonchev–Trinajstić information content (AvgIpc) is 2.43. The summed E-state index contributed by atoms with van der Waals surface area (Å²) in [6.45, 7) is 1.62. The largest absolute Gasteiger partial charge is 0.280 e. The molecule has 0 amide bonds. The van der Waals surface area contributed by atoms with E-state index in [4.69, 9.17) is 16.9 Å². The minimum Gasteiger partial charge on any atom is -0.280 e. The third kappa shape index (κ3) is 3.32. The van der Waals surface area contributed by atoms with Crippen molar-refractivity contribution in [3.8, 4) is 6.07 Å². The zero-order valence-corrected chi connectivity index (χ0v) is 12.5. The highest BCUT2D eigenvalue weighted by molar-refractivity contribution is 7.92. The third-order valence-corrected chi connectivity index (χ3v) is 4.59. The van der Waals surface area contributed by atoms with Crippen molar-refractivity contribution in [2.45, 2.75) is 11.8 Å². The molecule has 0 aliphatic heterocycles. The van der Waals surface area contributed by atoms with Crippen LogP contribution in [0.15, 0.2) is 41.3 Å². The van der Waals surface area contributed by atoms with Crippen LogP contribution in [0, 0.1) is 24.1 Å². The second kappa shape index (κ2) is 5.72. The summed E-state index contributed by atoms with van der Waals surface area (Å²) in [5.41, 5.74) is 0.871. The third-order valence-electron chi connectivity index (χ3n) is 2.78.